The Hall–Kier alpha value is -0.800. The summed E-state index contributed by atoms with van der Waals surface area (Å²) in [4.78, 5) is 0. The second-order valence-electron chi connectivity index (χ2n) is 4.04. The smallest absolute Gasteiger partial charge is 0.146 e. The molecule has 1 unspecified atom stereocenters. The summed E-state index contributed by atoms with van der Waals surface area (Å²) in [7, 11) is 1.74. The predicted octanol–water partition coefficient (Wildman–Crippen LogP) is 5.09. The lowest BCUT2D eigenvalue weighted by Crippen LogP contribution is -2.19. The van der Waals surface area contributed by atoms with Crippen molar-refractivity contribution in [2.75, 3.05) is 7.05 Å². The molecule has 2 rings (SSSR count). The van der Waals surface area contributed by atoms with Gasteiger partial charge in [-0.1, -0.05) is 53.0 Å². The maximum absolute atomic E-state index is 14.1. The maximum Gasteiger partial charge on any atom is 0.146 e. The van der Waals surface area contributed by atoms with E-state index in [2.05, 4.69) is 5.32 Å². The highest BCUT2D eigenvalue weighted by Crippen LogP contribution is 2.31. The van der Waals surface area contributed by atoms with Crippen molar-refractivity contribution in [3.05, 3.63) is 68.4 Å². The molecule has 1 N–H and O–H groups in total. The molecule has 2 aromatic rings. The van der Waals surface area contributed by atoms with E-state index in [-0.39, 0.29) is 11.1 Å². The van der Waals surface area contributed by atoms with E-state index in [1.54, 1.807) is 37.4 Å². The first-order valence-electron chi connectivity index (χ1n) is 5.60. The Labute approximate surface area is 126 Å². The quantitative estimate of drug-likeness (QED) is 0.830. The van der Waals surface area contributed by atoms with Crippen molar-refractivity contribution >= 4 is 34.8 Å². The topological polar surface area (TPSA) is 12.0 Å². The molecule has 0 spiro atoms. The molecule has 100 valence electrons. The van der Waals surface area contributed by atoms with E-state index in [0.717, 1.165) is 5.56 Å². The zero-order valence-corrected chi connectivity index (χ0v) is 12.3. The largest absolute Gasteiger partial charge is 0.309 e. The molecule has 0 saturated heterocycles. The molecule has 0 heterocycles. The van der Waals surface area contributed by atoms with E-state index in [9.17, 15) is 4.39 Å². The van der Waals surface area contributed by atoms with E-state index in [0.29, 0.717) is 15.6 Å². The third-order valence-electron chi connectivity index (χ3n) is 2.86. The van der Waals surface area contributed by atoms with Crippen LogP contribution in [0.1, 0.15) is 17.2 Å². The van der Waals surface area contributed by atoms with Crippen molar-refractivity contribution < 1.29 is 4.39 Å². The van der Waals surface area contributed by atoms with Gasteiger partial charge in [0.25, 0.3) is 0 Å². The monoisotopic (exact) mass is 317 g/mol. The molecule has 5 heteroatoms. The minimum Gasteiger partial charge on any atom is -0.309 e. The fraction of sp³-hybridized carbons (Fsp3) is 0.143. The predicted molar refractivity (Wildman–Crippen MR) is 78.8 cm³/mol. The van der Waals surface area contributed by atoms with Crippen LogP contribution in [-0.4, -0.2) is 7.05 Å². The van der Waals surface area contributed by atoms with Crippen LogP contribution in [0.15, 0.2) is 36.4 Å². The minimum atomic E-state index is -0.436. The normalized spacial score (nSPS) is 12.5. The van der Waals surface area contributed by atoms with Gasteiger partial charge in [0.1, 0.15) is 5.82 Å². The van der Waals surface area contributed by atoms with Crippen molar-refractivity contribution in [1.82, 2.24) is 5.32 Å². The van der Waals surface area contributed by atoms with Gasteiger partial charge in [-0.05, 0) is 30.8 Å². The molecule has 1 nitrogen and oxygen atoms in total. The summed E-state index contributed by atoms with van der Waals surface area (Å²) >= 11 is 17.7. The average Bonchev–Trinajstić information content (AvgIpc) is 2.39. The van der Waals surface area contributed by atoms with Crippen LogP contribution in [-0.2, 0) is 0 Å². The van der Waals surface area contributed by atoms with E-state index < -0.39 is 5.82 Å². The van der Waals surface area contributed by atoms with Crippen LogP contribution in [0.4, 0.5) is 4.39 Å². The first kappa shape index (κ1) is 14.6. The van der Waals surface area contributed by atoms with Gasteiger partial charge in [-0.25, -0.2) is 4.39 Å². The minimum absolute atomic E-state index is 0.0952. The lowest BCUT2D eigenvalue weighted by Gasteiger charge is -2.19. The van der Waals surface area contributed by atoms with E-state index in [4.69, 9.17) is 34.8 Å². The Balaban J connectivity index is 2.50. The van der Waals surface area contributed by atoms with E-state index in [1.807, 2.05) is 0 Å². The summed E-state index contributed by atoms with van der Waals surface area (Å²) in [5, 5.41) is 4.04. The third kappa shape index (κ3) is 3.03. The molecule has 0 aliphatic heterocycles. The summed E-state index contributed by atoms with van der Waals surface area (Å²) in [5.41, 5.74) is 1.28. The van der Waals surface area contributed by atoms with Gasteiger partial charge in [0, 0.05) is 5.56 Å². The van der Waals surface area contributed by atoms with Gasteiger partial charge in [-0.3, -0.25) is 0 Å². The van der Waals surface area contributed by atoms with Crippen LogP contribution in [0.3, 0.4) is 0 Å². The van der Waals surface area contributed by atoms with Crippen molar-refractivity contribution in [1.29, 1.82) is 0 Å². The number of hydrogen-bond acceptors (Lipinski definition) is 1. The Bertz CT molecular complexity index is 601. The number of benzene rings is 2. The lowest BCUT2D eigenvalue weighted by atomic mass is 9.98. The summed E-state index contributed by atoms with van der Waals surface area (Å²) in [6.07, 6.45) is 0. The summed E-state index contributed by atoms with van der Waals surface area (Å²) in [6.45, 7) is 0. The van der Waals surface area contributed by atoms with Crippen LogP contribution >= 0.6 is 34.8 Å². The first-order valence-corrected chi connectivity index (χ1v) is 6.74. The second kappa shape index (κ2) is 6.10. The van der Waals surface area contributed by atoms with Crippen LogP contribution in [0.5, 0.6) is 0 Å². The van der Waals surface area contributed by atoms with Gasteiger partial charge in [0.2, 0.25) is 0 Å². The molecular weight excluding hydrogens is 308 g/mol. The van der Waals surface area contributed by atoms with Gasteiger partial charge in [-0.2, -0.15) is 0 Å². The lowest BCUT2D eigenvalue weighted by molar-refractivity contribution is 0.576. The maximum atomic E-state index is 14.1. The Kier molecular flexibility index (Phi) is 4.69. The highest BCUT2D eigenvalue weighted by atomic mass is 35.5. The first-order chi connectivity index (χ1) is 9.04. The van der Waals surface area contributed by atoms with Crippen molar-refractivity contribution in [2.45, 2.75) is 6.04 Å². The molecule has 0 aliphatic rings. The number of hydrogen-bond donors (Lipinski definition) is 1. The molecule has 0 fully saturated rings. The Morgan fingerprint density at radius 3 is 2.37 bits per heavy atom. The van der Waals surface area contributed by atoms with Gasteiger partial charge in [0.15, 0.2) is 0 Å². The fourth-order valence-corrected chi connectivity index (χ4v) is 2.43. The summed E-state index contributed by atoms with van der Waals surface area (Å²) in [5.74, 6) is -0.436. The molecule has 0 amide bonds. The molecule has 2 aromatic carbocycles. The van der Waals surface area contributed by atoms with Gasteiger partial charge >= 0.3 is 0 Å². The standard InChI is InChI=1S/C14H11Cl3FN/c1-19-14(8-5-6-10(15)12(17)7-8)9-3-2-4-11(16)13(9)18/h2-7,14,19H,1H3. The van der Waals surface area contributed by atoms with Crippen molar-refractivity contribution in [3.8, 4) is 0 Å². The summed E-state index contributed by atoms with van der Waals surface area (Å²) < 4.78 is 14.1. The molecule has 19 heavy (non-hydrogen) atoms. The average molecular weight is 319 g/mol. The van der Waals surface area contributed by atoms with Gasteiger partial charge < -0.3 is 5.32 Å². The number of halogens is 4. The van der Waals surface area contributed by atoms with E-state index in [1.165, 1.54) is 6.07 Å². The highest BCUT2D eigenvalue weighted by molar-refractivity contribution is 6.42. The number of nitrogens with one attached hydrogen (secondary N) is 1. The van der Waals surface area contributed by atoms with E-state index >= 15 is 0 Å². The molecular formula is C14H11Cl3FN. The second-order valence-corrected chi connectivity index (χ2v) is 5.26. The van der Waals surface area contributed by atoms with Crippen molar-refractivity contribution in [3.63, 3.8) is 0 Å². The number of rotatable bonds is 3. The van der Waals surface area contributed by atoms with Gasteiger partial charge in [0.05, 0.1) is 21.1 Å². The molecule has 0 bridgehead atoms. The van der Waals surface area contributed by atoms with Crippen LogP contribution in [0, 0.1) is 5.82 Å². The summed E-state index contributed by atoms with van der Waals surface area (Å²) in [6, 6.07) is 9.77. The molecule has 0 saturated carbocycles. The Morgan fingerprint density at radius 2 is 1.74 bits per heavy atom. The van der Waals surface area contributed by atoms with Crippen LogP contribution in [0.25, 0.3) is 0 Å². The molecule has 0 radical (unpaired) electrons. The van der Waals surface area contributed by atoms with Crippen molar-refractivity contribution in [2.24, 2.45) is 0 Å². The third-order valence-corrected chi connectivity index (χ3v) is 3.89. The fourth-order valence-electron chi connectivity index (χ4n) is 1.94. The zero-order valence-electron chi connectivity index (χ0n) is 10.1. The Morgan fingerprint density at radius 1 is 1.00 bits per heavy atom. The highest BCUT2D eigenvalue weighted by Gasteiger charge is 2.18. The van der Waals surface area contributed by atoms with Gasteiger partial charge in [-0.15, -0.1) is 0 Å². The SMILES string of the molecule is CNC(c1ccc(Cl)c(Cl)c1)c1cccc(Cl)c1F. The molecule has 0 aliphatic carbocycles. The molecule has 0 aromatic heterocycles. The molecule has 1 atom stereocenters. The zero-order chi connectivity index (χ0) is 14.0. The van der Waals surface area contributed by atoms with Crippen LogP contribution < -0.4 is 5.32 Å². The van der Waals surface area contributed by atoms with Crippen LogP contribution in [0.2, 0.25) is 15.1 Å².